The number of nitrogens with zero attached hydrogens (tertiary/aromatic N) is 1. The SMILES string of the molecule is CCOc1cccc(CN[C@@H](CC(C)C)C(=O)O)n1. The third kappa shape index (κ3) is 5.70. The fraction of sp³-hybridized carbons (Fsp3) is 0.571. The van der Waals surface area contributed by atoms with Crippen molar-refractivity contribution in [1.29, 1.82) is 0 Å². The van der Waals surface area contributed by atoms with Gasteiger partial charge in [-0.3, -0.25) is 10.1 Å². The van der Waals surface area contributed by atoms with Gasteiger partial charge in [0.25, 0.3) is 0 Å². The van der Waals surface area contributed by atoms with E-state index in [4.69, 9.17) is 9.84 Å². The van der Waals surface area contributed by atoms with Gasteiger partial charge in [-0.1, -0.05) is 19.9 Å². The van der Waals surface area contributed by atoms with Crippen LogP contribution in [0.15, 0.2) is 18.2 Å². The van der Waals surface area contributed by atoms with Crippen molar-refractivity contribution in [3.8, 4) is 5.88 Å². The van der Waals surface area contributed by atoms with E-state index in [9.17, 15) is 4.79 Å². The van der Waals surface area contributed by atoms with Gasteiger partial charge in [-0.05, 0) is 25.3 Å². The molecule has 5 nitrogen and oxygen atoms in total. The lowest BCUT2D eigenvalue weighted by Gasteiger charge is -2.16. The Bertz CT molecular complexity index is 407. The van der Waals surface area contributed by atoms with Crippen molar-refractivity contribution in [2.75, 3.05) is 6.61 Å². The molecule has 0 aromatic carbocycles. The Morgan fingerprint density at radius 3 is 2.79 bits per heavy atom. The van der Waals surface area contributed by atoms with Crippen molar-refractivity contribution in [3.63, 3.8) is 0 Å². The predicted octanol–water partition coefficient (Wildman–Crippen LogP) is 2.07. The van der Waals surface area contributed by atoms with Crippen LogP contribution in [0.3, 0.4) is 0 Å². The number of aromatic nitrogens is 1. The summed E-state index contributed by atoms with van der Waals surface area (Å²) >= 11 is 0. The molecule has 0 radical (unpaired) electrons. The molecule has 0 aliphatic rings. The standard InChI is InChI=1S/C14H22N2O3/c1-4-19-13-7-5-6-11(16-13)9-15-12(14(17)18)8-10(2)3/h5-7,10,12,15H,4,8-9H2,1-3H3,(H,17,18)/t12-/m0/s1. The first-order chi connectivity index (χ1) is 9.02. The summed E-state index contributed by atoms with van der Waals surface area (Å²) in [4.78, 5) is 15.4. The zero-order valence-electron chi connectivity index (χ0n) is 11.7. The number of ether oxygens (including phenoxy) is 1. The van der Waals surface area contributed by atoms with Gasteiger partial charge in [-0.15, -0.1) is 0 Å². The second kappa shape index (κ2) is 7.74. The summed E-state index contributed by atoms with van der Waals surface area (Å²) in [6, 6.07) is 4.95. The first kappa shape index (κ1) is 15.4. The third-order valence-corrected chi connectivity index (χ3v) is 2.61. The van der Waals surface area contributed by atoms with Crippen molar-refractivity contribution in [2.45, 2.75) is 39.8 Å². The number of carboxylic acids is 1. The molecular formula is C14H22N2O3. The summed E-state index contributed by atoms with van der Waals surface area (Å²) in [5, 5.41) is 12.1. The average Bonchev–Trinajstić information content (AvgIpc) is 2.34. The Kier molecular flexibility index (Phi) is 6.29. The zero-order chi connectivity index (χ0) is 14.3. The van der Waals surface area contributed by atoms with Gasteiger partial charge in [0, 0.05) is 12.6 Å². The Labute approximate surface area is 114 Å². The Hall–Kier alpha value is -1.62. The lowest BCUT2D eigenvalue weighted by atomic mass is 10.0. The molecule has 0 bridgehead atoms. The maximum atomic E-state index is 11.1. The molecule has 5 heteroatoms. The van der Waals surface area contributed by atoms with Crippen LogP contribution in [0.4, 0.5) is 0 Å². The summed E-state index contributed by atoms with van der Waals surface area (Å²) in [5.74, 6) is 0.0727. The Morgan fingerprint density at radius 2 is 2.21 bits per heavy atom. The van der Waals surface area contributed by atoms with E-state index in [1.54, 1.807) is 6.07 Å². The van der Waals surface area contributed by atoms with Crippen LogP contribution < -0.4 is 10.1 Å². The molecule has 1 aromatic heterocycles. The van der Waals surface area contributed by atoms with Crippen molar-refractivity contribution in [1.82, 2.24) is 10.3 Å². The summed E-state index contributed by atoms with van der Waals surface area (Å²) in [6.45, 7) is 6.90. The molecule has 0 aliphatic carbocycles. The number of carboxylic acid groups (broad SMARTS) is 1. The number of carbonyl (C=O) groups is 1. The summed E-state index contributed by atoms with van der Waals surface area (Å²) in [7, 11) is 0. The topological polar surface area (TPSA) is 71.5 Å². The molecule has 0 spiro atoms. The Morgan fingerprint density at radius 1 is 1.47 bits per heavy atom. The minimum Gasteiger partial charge on any atom is -0.480 e. The number of hydrogen-bond acceptors (Lipinski definition) is 4. The molecule has 0 fully saturated rings. The van der Waals surface area contributed by atoms with E-state index < -0.39 is 12.0 Å². The van der Waals surface area contributed by atoms with Gasteiger partial charge in [-0.2, -0.15) is 0 Å². The fourth-order valence-electron chi connectivity index (χ4n) is 1.75. The molecule has 2 N–H and O–H groups in total. The van der Waals surface area contributed by atoms with E-state index in [1.807, 2.05) is 32.9 Å². The highest BCUT2D eigenvalue weighted by atomic mass is 16.5. The molecule has 0 saturated carbocycles. The van der Waals surface area contributed by atoms with E-state index in [0.717, 1.165) is 5.69 Å². The minimum absolute atomic E-state index is 0.330. The van der Waals surface area contributed by atoms with E-state index in [-0.39, 0.29) is 0 Å². The molecule has 0 amide bonds. The molecule has 19 heavy (non-hydrogen) atoms. The van der Waals surface area contributed by atoms with Gasteiger partial charge in [0.15, 0.2) is 0 Å². The van der Waals surface area contributed by atoms with Crippen LogP contribution in [0.1, 0.15) is 32.9 Å². The lowest BCUT2D eigenvalue weighted by molar-refractivity contribution is -0.140. The molecule has 1 aromatic rings. The van der Waals surface area contributed by atoms with Crippen LogP contribution in [-0.2, 0) is 11.3 Å². The molecule has 1 heterocycles. The largest absolute Gasteiger partial charge is 0.480 e. The van der Waals surface area contributed by atoms with Crippen LogP contribution in [0, 0.1) is 5.92 Å². The molecule has 1 atom stereocenters. The van der Waals surface area contributed by atoms with E-state index in [2.05, 4.69) is 10.3 Å². The maximum absolute atomic E-state index is 11.1. The van der Waals surface area contributed by atoms with Crippen LogP contribution in [0.25, 0.3) is 0 Å². The van der Waals surface area contributed by atoms with Gasteiger partial charge < -0.3 is 9.84 Å². The minimum atomic E-state index is -0.824. The molecule has 1 rings (SSSR count). The van der Waals surface area contributed by atoms with Crippen molar-refractivity contribution >= 4 is 5.97 Å². The summed E-state index contributed by atoms with van der Waals surface area (Å²) in [6.07, 6.45) is 0.598. The highest BCUT2D eigenvalue weighted by Crippen LogP contribution is 2.09. The lowest BCUT2D eigenvalue weighted by Crippen LogP contribution is -2.37. The number of hydrogen-bond donors (Lipinski definition) is 2. The zero-order valence-corrected chi connectivity index (χ0v) is 11.7. The average molecular weight is 266 g/mol. The molecule has 106 valence electrons. The van der Waals surface area contributed by atoms with Crippen molar-refractivity contribution < 1.29 is 14.6 Å². The van der Waals surface area contributed by atoms with Gasteiger partial charge in [0.2, 0.25) is 5.88 Å². The quantitative estimate of drug-likeness (QED) is 0.753. The van der Waals surface area contributed by atoms with Gasteiger partial charge >= 0.3 is 5.97 Å². The van der Waals surface area contributed by atoms with Gasteiger partial charge in [0.05, 0.1) is 12.3 Å². The van der Waals surface area contributed by atoms with E-state index in [0.29, 0.717) is 31.4 Å². The smallest absolute Gasteiger partial charge is 0.320 e. The van der Waals surface area contributed by atoms with Crippen molar-refractivity contribution in [3.05, 3.63) is 23.9 Å². The summed E-state index contributed by atoms with van der Waals surface area (Å²) < 4.78 is 5.31. The van der Waals surface area contributed by atoms with E-state index >= 15 is 0 Å². The molecule has 0 aliphatic heterocycles. The number of pyridine rings is 1. The number of rotatable bonds is 8. The van der Waals surface area contributed by atoms with Crippen LogP contribution in [0.5, 0.6) is 5.88 Å². The van der Waals surface area contributed by atoms with Gasteiger partial charge in [0.1, 0.15) is 6.04 Å². The predicted molar refractivity (Wildman–Crippen MR) is 73.1 cm³/mol. The highest BCUT2D eigenvalue weighted by molar-refractivity contribution is 5.73. The normalized spacial score (nSPS) is 12.4. The fourth-order valence-corrected chi connectivity index (χ4v) is 1.75. The van der Waals surface area contributed by atoms with Crippen LogP contribution in [-0.4, -0.2) is 28.7 Å². The third-order valence-electron chi connectivity index (χ3n) is 2.61. The number of nitrogens with one attached hydrogen (secondary N) is 1. The van der Waals surface area contributed by atoms with Crippen LogP contribution in [0.2, 0.25) is 0 Å². The molecule has 0 saturated heterocycles. The first-order valence-electron chi connectivity index (χ1n) is 6.57. The molecule has 0 unspecified atom stereocenters. The van der Waals surface area contributed by atoms with Crippen LogP contribution >= 0.6 is 0 Å². The maximum Gasteiger partial charge on any atom is 0.320 e. The number of aliphatic carboxylic acids is 1. The highest BCUT2D eigenvalue weighted by Gasteiger charge is 2.18. The van der Waals surface area contributed by atoms with E-state index in [1.165, 1.54) is 0 Å². The van der Waals surface area contributed by atoms with Gasteiger partial charge in [-0.25, -0.2) is 4.98 Å². The first-order valence-corrected chi connectivity index (χ1v) is 6.57. The summed E-state index contributed by atoms with van der Waals surface area (Å²) in [5.41, 5.74) is 0.779. The molecular weight excluding hydrogens is 244 g/mol. The Balaban J connectivity index is 2.58. The van der Waals surface area contributed by atoms with Crippen molar-refractivity contribution in [2.24, 2.45) is 5.92 Å². The second-order valence-corrected chi connectivity index (χ2v) is 4.80. The second-order valence-electron chi connectivity index (χ2n) is 4.80. The monoisotopic (exact) mass is 266 g/mol.